The Morgan fingerprint density at radius 1 is 0.444 bits per heavy atom. The molecular formula is C16H34O2. The molecule has 2 aliphatic rings. The fourth-order valence-corrected chi connectivity index (χ4v) is 3.56. The summed E-state index contributed by atoms with van der Waals surface area (Å²) in [5.74, 6) is 2.24. The number of aliphatic hydroxyl groups is 2. The van der Waals surface area contributed by atoms with Gasteiger partial charge in [0.15, 0.2) is 0 Å². The van der Waals surface area contributed by atoms with Gasteiger partial charge in [0.1, 0.15) is 0 Å². The van der Waals surface area contributed by atoms with Crippen LogP contribution in [0.15, 0.2) is 0 Å². The highest BCUT2D eigenvalue weighted by Crippen LogP contribution is 2.36. The van der Waals surface area contributed by atoms with Crippen molar-refractivity contribution in [1.82, 2.24) is 0 Å². The molecule has 2 rings (SSSR count). The Morgan fingerprint density at radius 3 is 0.889 bits per heavy atom. The minimum absolute atomic E-state index is 1.00. The van der Waals surface area contributed by atoms with Crippen molar-refractivity contribution in [3.8, 4) is 0 Å². The summed E-state index contributed by atoms with van der Waals surface area (Å²) in [6.45, 7) is 0. The fourth-order valence-electron chi connectivity index (χ4n) is 3.56. The Kier molecular flexibility index (Phi) is 13.3. The van der Waals surface area contributed by atoms with Gasteiger partial charge < -0.3 is 10.2 Å². The van der Waals surface area contributed by atoms with Crippen LogP contribution in [-0.2, 0) is 0 Å². The van der Waals surface area contributed by atoms with Gasteiger partial charge in [-0.15, -0.1) is 0 Å². The van der Waals surface area contributed by atoms with Gasteiger partial charge in [0.05, 0.1) is 0 Å². The molecule has 2 N–H and O–H groups in total. The van der Waals surface area contributed by atoms with E-state index in [1.54, 1.807) is 25.7 Å². The van der Waals surface area contributed by atoms with Crippen molar-refractivity contribution >= 4 is 0 Å². The van der Waals surface area contributed by atoms with Gasteiger partial charge in [0.25, 0.3) is 0 Å². The Balaban J connectivity index is 0.000000659. The standard InChI is InChI=1S/C14H26.2CH4O/c1-2-6-10-13(9-5-1)14-11-7-3-4-8-12-14;2*1-2/h13-14H,1-12H2;2*2H,1H3. The Labute approximate surface area is 114 Å². The third kappa shape index (κ3) is 7.38. The zero-order chi connectivity index (χ0) is 13.6. The van der Waals surface area contributed by atoms with Gasteiger partial charge in [0, 0.05) is 14.2 Å². The highest BCUT2D eigenvalue weighted by atomic mass is 16.2. The van der Waals surface area contributed by atoms with Gasteiger partial charge in [-0.3, -0.25) is 0 Å². The summed E-state index contributed by atoms with van der Waals surface area (Å²) < 4.78 is 0. The molecule has 18 heavy (non-hydrogen) atoms. The summed E-state index contributed by atoms with van der Waals surface area (Å²) in [4.78, 5) is 0. The molecule has 2 heteroatoms. The summed E-state index contributed by atoms with van der Waals surface area (Å²) in [5, 5.41) is 14.0. The van der Waals surface area contributed by atoms with Gasteiger partial charge in [-0.25, -0.2) is 0 Å². The van der Waals surface area contributed by atoms with E-state index in [1.807, 2.05) is 0 Å². The Bertz CT molecular complexity index is 125. The van der Waals surface area contributed by atoms with Crippen LogP contribution >= 0.6 is 0 Å². The van der Waals surface area contributed by atoms with Crippen molar-refractivity contribution in [2.75, 3.05) is 14.2 Å². The molecule has 0 saturated heterocycles. The molecule has 2 aliphatic carbocycles. The third-order valence-electron chi connectivity index (χ3n) is 4.47. The number of hydrogen-bond donors (Lipinski definition) is 2. The zero-order valence-corrected chi connectivity index (χ0v) is 12.5. The van der Waals surface area contributed by atoms with E-state index in [0.717, 1.165) is 26.1 Å². The molecular weight excluding hydrogens is 224 g/mol. The summed E-state index contributed by atoms with van der Waals surface area (Å²) in [5.41, 5.74) is 0. The van der Waals surface area contributed by atoms with Crippen molar-refractivity contribution in [3.63, 3.8) is 0 Å². The lowest BCUT2D eigenvalue weighted by molar-refractivity contribution is 0.269. The first kappa shape index (κ1) is 17.9. The van der Waals surface area contributed by atoms with Crippen LogP contribution in [0.3, 0.4) is 0 Å². The van der Waals surface area contributed by atoms with E-state index < -0.39 is 0 Å². The minimum Gasteiger partial charge on any atom is -0.400 e. The molecule has 0 spiro atoms. The molecule has 0 aromatic rings. The van der Waals surface area contributed by atoms with Gasteiger partial charge in [-0.2, -0.15) is 0 Å². The molecule has 0 amide bonds. The maximum absolute atomic E-state index is 7.00. The zero-order valence-electron chi connectivity index (χ0n) is 12.5. The predicted octanol–water partition coefficient (Wildman–Crippen LogP) is 4.14. The molecule has 2 fully saturated rings. The fraction of sp³-hybridized carbons (Fsp3) is 1.00. The Hall–Kier alpha value is -0.0800. The van der Waals surface area contributed by atoms with E-state index in [9.17, 15) is 0 Å². The van der Waals surface area contributed by atoms with Gasteiger partial charge >= 0.3 is 0 Å². The molecule has 2 nitrogen and oxygen atoms in total. The first-order valence-electron chi connectivity index (χ1n) is 7.86. The van der Waals surface area contributed by atoms with Crippen LogP contribution in [0.4, 0.5) is 0 Å². The second-order valence-electron chi connectivity index (χ2n) is 5.50. The molecule has 2 saturated carbocycles. The number of hydrogen-bond acceptors (Lipinski definition) is 2. The molecule has 0 aromatic carbocycles. The lowest BCUT2D eigenvalue weighted by Gasteiger charge is -2.24. The SMILES string of the molecule is C1CCCC(C2CCCCCC2)CC1.CO.CO. The van der Waals surface area contributed by atoms with Gasteiger partial charge in [-0.1, -0.05) is 77.0 Å². The van der Waals surface area contributed by atoms with Crippen LogP contribution in [0.25, 0.3) is 0 Å². The topological polar surface area (TPSA) is 40.5 Å². The van der Waals surface area contributed by atoms with Crippen molar-refractivity contribution in [2.24, 2.45) is 11.8 Å². The van der Waals surface area contributed by atoms with Crippen LogP contribution in [-0.4, -0.2) is 24.4 Å². The first-order chi connectivity index (χ1) is 8.97. The second-order valence-corrected chi connectivity index (χ2v) is 5.50. The number of aliphatic hydroxyl groups excluding tert-OH is 2. The molecule has 110 valence electrons. The summed E-state index contributed by atoms with van der Waals surface area (Å²) in [6.07, 6.45) is 18.4. The van der Waals surface area contributed by atoms with Crippen LogP contribution in [0.1, 0.15) is 77.0 Å². The van der Waals surface area contributed by atoms with Crippen LogP contribution < -0.4 is 0 Å². The lowest BCUT2D eigenvalue weighted by atomic mass is 9.81. The molecule has 0 unspecified atom stereocenters. The molecule has 0 atom stereocenters. The smallest absolute Gasteiger partial charge is 0.0319 e. The van der Waals surface area contributed by atoms with Crippen LogP contribution in [0.5, 0.6) is 0 Å². The maximum atomic E-state index is 7.00. The molecule has 0 radical (unpaired) electrons. The second kappa shape index (κ2) is 13.4. The third-order valence-corrected chi connectivity index (χ3v) is 4.47. The van der Waals surface area contributed by atoms with Crippen molar-refractivity contribution < 1.29 is 10.2 Å². The van der Waals surface area contributed by atoms with E-state index in [-0.39, 0.29) is 0 Å². The van der Waals surface area contributed by atoms with Crippen molar-refractivity contribution in [3.05, 3.63) is 0 Å². The quantitative estimate of drug-likeness (QED) is 0.694. The lowest BCUT2D eigenvalue weighted by Crippen LogP contribution is -2.13. The summed E-state index contributed by atoms with van der Waals surface area (Å²) in [7, 11) is 2.00. The van der Waals surface area contributed by atoms with E-state index in [0.29, 0.717) is 0 Å². The van der Waals surface area contributed by atoms with Gasteiger partial charge in [-0.05, 0) is 11.8 Å². The van der Waals surface area contributed by atoms with E-state index in [4.69, 9.17) is 10.2 Å². The highest BCUT2D eigenvalue weighted by Gasteiger charge is 2.23. The first-order valence-corrected chi connectivity index (χ1v) is 7.86. The maximum Gasteiger partial charge on any atom is 0.0319 e. The van der Waals surface area contributed by atoms with E-state index in [2.05, 4.69) is 0 Å². The average Bonchev–Trinajstić information content (AvgIpc) is 2.88. The number of rotatable bonds is 1. The van der Waals surface area contributed by atoms with E-state index in [1.165, 1.54) is 51.4 Å². The van der Waals surface area contributed by atoms with Crippen molar-refractivity contribution in [2.45, 2.75) is 77.0 Å². The molecule has 0 aliphatic heterocycles. The molecule has 0 bridgehead atoms. The van der Waals surface area contributed by atoms with Crippen LogP contribution in [0, 0.1) is 11.8 Å². The van der Waals surface area contributed by atoms with Crippen LogP contribution in [0.2, 0.25) is 0 Å². The summed E-state index contributed by atoms with van der Waals surface area (Å²) in [6, 6.07) is 0. The normalized spacial score (nSPS) is 22.7. The van der Waals surface area contributed by atoms with E-state index >= 15 is 0 Å². The Morgan fingerprint density at radius 2 is 0.667 bits per heavy atom. The average molecular weight is 258 g/mol. The van der Waals surface area contributed by atoms with Gasteiger partial charge in [0.2, 0.25) is 0 Å². The monoisotopic (exact) mass is 258 g/mol. The largest absolute Gasteiger partial charge is 0.400 e. The minimum atomic E-state index is 1.00. The summed E-state index contributed by atoms with van der Waals surface area (Å²) >= 11 is 0. The molecule has 0 heterocycles. The predicted molar refractivity (Wildman–Crippen MR) is 78.7 cm³/mol. The highest BCUT2D eigenvalue weighted by molar-refractivity contribution is 4.75. The molecule has 0 aromatic heterocycles. The van der Waals surface area contributed by atoms with Crippen molar-refractivity contribution in [1.29, 1.82) is 0 Å².